The summed E-state index contributed by atoms with van der Waals surface area (Å²) >= 11 is 0. The van der Waals surface area contributed by atoms with Crippen molar-refractivity contribution in [1.29, 1.82) is 0 Å². The lowest BCUT2D eigenvalue weighted by Crippen LogP contribution is -2.03. The highest BCUT2D eigenvalue weighted by Gasteiger charge is 2.25. The van der Waals surface area contributed by atoms with Crippen LogP contribution in [0.2, 0.25) is 0 Å². The van der Waals surface area contributed by atoms with E-state index >= 15 is 0 Å². The Labute approximate surface area is 204 Å². The third-order valence-corrected chi connectivity index (χ3v) is 6.90. The van der Waals surface area contributed by atoms with Crippen LogP contribution in [-0.2, 0) is 31.0 Å². The Hall–Kier alpha value is -0.870. The number of aryl methyl sites for hydroxylation is 2. The van der Waals surface area contributed by atoms with Crippen molar-refractivity contribution in [2.75, 3.05) is 19.8 Å². The van der Waals surface area contributed by atoms with Crippen molar-refractivity contribution >= 4 is 7.82 Å². The maximum Gasteiger partial charge on any atom is 0.474 e. The Morgan fingerprint density at radius 1 is 0.697 bits per heavy atom. The van der Waals surface area contributed by atoms with E-state index in [0.29, 0.717) is 25.6 Å². The molecule has 0 spiro atoms. The maximum atomic E-state index is 12.2. The third kappa shape index (κ3) is 14.9. The van der Waals surface area contributed by atoms with Gasteiger partial charge in [-0.25, -0.2) is 4.57 Å². The van der Waals surface area contributed by atoms with Gasteiger partial charge in [-0.2, -0.15) is 0 Å². The van der Waals surface area contributed by atoms with E-state index in [2.05, 4.69) is 40.7 Å². The van der Waals surface area contributed by atoms with E-state index in [1.165, 1.54) is 30.4 Å². The van der Waals surface area contributed by atoms with Crippen molar-refractivity contribution in [3.63, 3.8) is 0 Å². The molecular formula is C27H51O5P. The summed E-state index contributed by atoms with van der Waals surface area (Å²) in [6.07, 6.45) is 12.5. The van der Waals surface area contributed by atoms with Crippen LogP contribution in [0, 0.1) is 6.92 Å². The first-order valence-corrected chi connectivity index (χ1v) is 14.7. The average molecular weight is 487 g/mol. The van der Waals surface area contributed by atoms with Crippen LogP contribution in [0.25, 0.3) is 0 Å². The van der Waals surface area contributed by atoms with E-state index in [1.807, 2.05) is 13.0 Å². The molecule has 0 bridgehead atoms. The van der Waals surface area contributed by atoms with E-state index in [-0.39, 0.29) is 0 Å². The molecule has 0 unspecified atom stereocenters. The second-order valence-electron chi connectivity index (χ2n) is 8.58. The van der Waals surface area contributed by atoms with Gasteiger partial charge in [0.2, 0.25) is 0 Å². The molecular weight excluding hydrogens is 435 g/mol. The monoisotopic (exact) mass is 486 g/mol. The van der Waals surface area contributed by atoms with Gasteiger partial charge in [-0.3, -0.25) is 13.6 Å². The van der Waals surface area contributed by atoms with Crippen molar-refractivity contribution in [3.8, 4) is 5.75 Å². The van der Waals surface area contributed by atoms with Crippen molar-refractivity contribution < 1.29 is 23.2 Å². The SMILES string of the molecule is CCCCOP(=O)(OCCCC)OCCCC.CCCCc1ccc(C)c(O)c1CCCC. The number of phenolic OH excluding ortho intramolecular Hbond substituents is 1. The minimum atomic E-state index is -3.31. The number of benzene rings is 1. The smallest absolute Gasteiger partial charge is 0.474 e. The second kappa shape index (κ2) is 20.5. The maximum absolute atomic E-state index is 12.2. The fourth-order valence-electron chi connectivity index (χ4n) is 3.10. The molecule has 0 aliphatic heterocycles. The van der Waals surface area contributed by atoms with E-state index in [9.17, 15) is 9.67 Å². The van der Waals surface area contributed by atoms with Crippen molar-refractivity contribution in [1.82, 2.24) is 0 Å². The lowest BCUT2D eigenvalue weighted by molar-refractivity contribution is 0.110. The topological polar surface area (TPSA) is 65.0 Å². The van der Waals surface area contributed by atoms with Gasteiger partial charge in [0.05, 0.1) is 19.8 Å². The highest BCUT2D eigenvalue weighted by molar-refractivity contribution is 7.48. The van der Waals surface area contributed by atoms with Gasteiger partial charge in [0.1, 0.15) is 5.75 Å². The van der Waals surface area contributed by atoms with Gasteiger partial charge in [0.25, 0.3) is 0 Å². The molecule has 33 heavy (non-hydrogen) atoms. The summed E-state index contributed by atoms with van der Waals surface area (Å²) in [7, 11) is -3.31. The Morgan fingerprint density at radius 3 is 1.55 bits per heavy atom. The van der Waals surface area contributed by atoms with Gasteiger partial charge in [0, 0.05) is 0 Å². The standard InChI is InChI=1S/C15H24O.C12H27O4P/c1-4-6-8-13-11-10-12(3)15(16)14(13)9-7-5-2;1-4-7-10-14-17(13,15-11-8-5-2)16-12-9-6-3/h10-11,16H,4-9H2,1-3H3;4-12H2,1-3H3. The largest absolute Gasteiger partial charge is 0.507 e. The average Bonchev–Trinajstić information content (AvgIpc) is 2.80. The van der Waals surface area contributed by atoms with Crippen molar-refractivity contribution in [2.45, 2.75) is 119 Å². The molecule has 5 nitrogen and oxygen atoms in total. The summed E-state index contributed by atoms with van der Waals surface area (Å²) < 4.78 is 28.0. The van der Waals surface area contributed by atoms with Crippen LogP contribution in [0.3, 0.4) is 0 Å². The van der Waals surface area contributed by atoms with E-state index in [4.69, 9.17) is 13.6 Å². The fraction of sp³-hybridized carbons (Fsp3) is 0.778. The number of rotatable bonds is 18. The van der Waals surface area contributed by atoms with Crippen molar-refractivity contribution in [3.05, 3.63) is 28.8 Å². The van der Waals surface area contributed by atoms with Crippen LogP contribution in [0.1, 0.15) is 116 Å². The quantitative estimate of drug-likeness (QED) is 0.166. The summed E-state index contributed by atoms with van der Waals surface area (Å²) in [4.78, 5) is 0. The van der Waals surface area contributed by atoms with Crippen molar-refractivity contribution in [2.24, 2.45) is 0 Å². The zero-order valence-electron chi connectivity index (χ0n) is 22.3. The molecule has 1 aromatic rings. The number of phenols is 1. The van der Waals surface area contributed by atoms with Gasteiger partial charge in [-0.05, 0) is 68.6 Å². The number of hydrogen-bond donors (Lipinski definition) is 1. The van der Waals surface area contributed by atoms with Crippen LogP contribution in [-0.4, -0.2) is 24.9 Å². The summed E-state index contributed by atoms with van der Waals surface area (Å²) in [6.45, 7) is 13.9. The first-order valence-electron chi connectivity index (χ1n) is 13.2. The molecule has 0 aromatic heterocycles. The van der Waals surface area contributed by atoms with E-state index in [0.717, 1.165) is 63.4 Å². The predicted octanol–water partition coefficient (Wildman–Crippen LogP) is 8.93. The lowest BCUT2D eigenvalue weighted by atomic mass is 9.95. The predicted molar refractivity (Wildman–Crippen MR) is 140 cm³/mol. The van der Waals surface area contributed by atoms with Crippen LogP contribution in [0.5, 0.6) is 5.75 Å². The van der Waals surface area contributed by atoms with Gasteiger partial charge < -0.3 is 5.11 Å². The fourth-order valence-corrected chi connectivity index (χ4v) is 4.38. The third-order valence-electron chi connectivity index (χ3n) is 5.40. The summed E-state index contributed by atoms with van der Waals surface area (Å²) in [5.74, 6) is 0.530. The molecule has 0 saturated carbocycles. The molecule has 0 heterocycles. The molecule has 0 aliphatic carbocycles. The minimum Gasteiger partial charge on any atom is -0.507 e. The lowest BCUT2D eigenvalue weighted by Gasteiger charge is -2.17. The van der Waals surface area contributed by atoms with Crippen LogP contribution >= 0.6 is 7.82 Å². The molecule has 0 radical (unpaired) electrons. The summed E-state index contributed by atoms with van der Waals surface area (Å²) in [5.41, 5.74) is 3.54. The van der Waals surface area contributed by atoms with Gasteiger partial charge in [-0.1, -0.05) is 78.9 Å². The second-order valence-corrected chi connectivity index (χ2v) is 10.3. The van der Waals surface area contributed by atoms with Gasteiger partial charge >= 0.3 is 7.82 Å². The first kappa shape index (κ1) is 32.1. The number of hydrogen-bond acceptors (Lipinski definition) is 5. The Kier molecular flexibility index (Phi) is 20.0. The molecule has 6 heteroatoms. The highest BCUT2D eigenvalue weighted by Crippen LogP contribution is 2.49. The molecule has 1 aromatic carbocycles. The molecule has 1 N–H and O–H groups in total. The number of phosphoric ester groups is 1. The number of phosphoric acid groups is 1. The number of aromatic hydroxyl groups is 1. The van der Waals surface area contributed by atoms with E-state index in [1.54, 1.807) is 0 Å². The molecule has 0 saturated heterocycles. The summed E-state index contributed by atoms with van der Waals surface area (Å²) in [5, 5.41) is 10.1. The molecule has 0 fully saturated rings. The van der Waals surface area contributed by atoms with Crippen LogP contribution in [0.4, 0.5) is 0 Å². The highest BCUT2D eigenvalue weighted by atomic mass is 31.2. The van der Waals surface area contributed by atoms with Gasteiger partial charge in [-0.15, -0.1) is 0 Å². The summed E-state index contributed by atoms with van der Waals surface area (Å²) in [6, 6.07) is 4.23. The van der Waals surface area contributed by atoms with Crippen LogP contribution < -0.4 is 0 Å². The molecule has 1 rings (SSSR count). The Morgan fingerprint density at radius 2 is 1.12 bits per heavy atom. The van der Waals surface area contributed by atoms with Crippen LogP contribution in [0.15, 0.2) is 12.1 Å². The molecule has 194 valence electrons. The van der Waals surface area contributed by atoms with E-state index < -0.39 is 7.82 Å². The zero-order chi connectivity index (χ0) is 25.0. The normalized spacial score (nSPS) is 11.3. The first-order chi connectivity index (χ1) is 15.9. The minimum absolute atomic E-state index is 0.437. The molecule has 0 amide bonds. The zero-order valence-corrected chi connectivity index (χ0v) is 23.2. The Bertz CT molecular complexity index is 614. The van der Waals surface area contributed by atoms with Gasteiger partial charge in [0.15, 0.2) is 0 Å². The molecule has 0 atom stereocenters. The Balaban J connectivity index is 0.000000621. The number of unbranched alkanes of at least 4 members (excludes halogenated alkanes) is 5. The molecule has 0 aliphatic rings.